The number of nitrogens with zero attached hydrogens (tertiary/aromatic N) is 1. The second-order valence-electron chi connectivity index (χ2n) is 5.22. The molecule has 5 heteroatoms. The molecule has 2 atom stereocenters. The molecule has 0 saturated carbocycles. The number of carbonyl (C=O) groups excluding carboxylic acids is 1. The molecule has 1 aromatic carbocycles. The molecule has 0 bridgehead atoms. The number of aryl methyl sites for hydroxylation is 1. The molecule has 3 nitrogen and oxygen atoms in total. The fraction of sp³-hybridized carbons (Fsp3) is 0.562. The highest BCUT2D eigenvalue weighted by Crippen LogP contribution is 2.25. The van der Waals surface area contributed by atoms with Crippen molar-refractivity contribution in [3.63, 3.8) is 0 Å². The number of halogens is 1. The standard InChI is InChI=1S/C16H24N2OS.ClH/c1-4-13-5-7-14(8-6-13)15-11-17-9-10-18(15)16(19)12(2)20-3;/h5-8,12,15,17H,4,9-11H2,1-3H3;1H. The molecule has 118 valence electrons. The van der Waals surface area contributed by atoms with Crippen LogP contribution in [0.25, 0.3) is 0 Å². The zero-order chi connectivity index (χ0) is 14.5. The van der Waals surface area contributed by atoms with Gasteiger partial charge >= 0.3 is 0 Å². The SMILES string of the molecule is CCc1ccc(C2CNCCN2C(=O)C(C)SC)cc1.Cl. The Morgan fingerprint density at radius 3 is 2.67 bits per heavy atom. The Bertz CT molecular complexity index is 452. The third-order valence-corrected chi connectivity index (χ3v) is 4.91. The molecule has 1 aromatic rings. The molecule has 0 aliphatic carbocycles. The van der Waals surface area contributed by atoms with Gasteiger partial charge in [-0.15, -0.1) is 12.4 Å². The normalized spacial score (nSPS) is 19.8. The number of benzene rings is 1. The minimum Gasteiger partial charge on any atom is -0.332 e. The maximum absolute atomic E-state index is 12.5. The number of nitrogens with one attached hydrogen (secondary N) is 1. The highest BCUT2D eigenvalue weighted by Gasteiger charge is 2.30. The van der Waals surface area contributed by atoms with Crippen LogP contribution in [-0.4, -0.2) is 41.9 Å². The Kier molecular flexibility index (Phi) is 7.57. The van der Waals surface area contributed by atoms with Crippen molar-refractivity contribution in [1.29, 1.82) is 0 Å². The summed E-state index contributed by atoms with van der Waals surface area (Å²) in [6.07, 6.45) is 3.05. The van der Waals surface area contributed by atoms with Crippen molar-refractivity contribution in [2.24, 2.45) is 0 Å². The quantitative estimate of drug-likeness (QED) is 0.922. The predicted molar refractivity (Wildman–Crippen MR) is 93.4 cm³/mol. The van der Waals surface area contributed by atoms with Crippen LogP contribution < -0.4 is 5.32 Å². The van der Waals surface area contributed by atoms with Crippen molar-refractivity contribution in [2.45, 2.75) is 31.6 Å². The monoisotopic (exact) mass is 328 g/mol. The van der Waals surface area contributed by atoms with Gasteiger partial charge in [-0.25, -0.2) is 0 Å². The fourth-order valence-corrected chi connectivity index (χ4v) is 2.91. The third-order valence-electron chi connectivity index (χ3n) is 4.00. The first-order valence-corrected chi connectivity index (χ1v) is 8.59. The van der Waals surface area contributed by atoms with Crippen LogP contribution in [0.3, 0.4) is 0 Å². The number of rotatable bonds is 4. The van der Waals surface area contributed by atoms with Gasteiger partial charge in [0.15, 0.2) is 0 Å². The summed E-state index contributed by atoms with van der Waals surface area (Å²) < 4.78 is 0. The first-order valence-electron chi connectivity index (χ1n) is 7.30. The molecule has 1 heterocycles. The van der Waals surface area contributed by atoms with Gasteiger partial charge in [0.2, 0.25) is 5.91 Å². The molecule has 1 aliphatic rings. The van der Waals surface area contributed by atoms with E-state index in [0.717, 1.165) is 26.1 Å². The van der Waals surface area contributed by atoms with E-state index in [0.29, 0.717) is 0 Å². The predicted octanol–water partition coefficient (Wildman–Crippen LogP) is 2.90. The lowest BCUT2D eigenvalue weighted by Crippen LogP contribution is -2.50. The number of hydrogen-bond donors (Lipinski definition) is 1. The first kappa shape index (κ1) is 18.3. The van der Waals surface area contributed by atoms with Crippen LogP contribution in [0.4, 0.5) is 0 Å². The molecule has 1 N–H and O–H groups in total. The van der Waals surface area contributed by atoms with E-state index < -0.39 is 0 Å². The van der Waals surface area contributed by atoms with Crippen LogP contribution in [0.5, 0.6) is 0 Å². The van der Waals surface area contributed by atoms with Gasteiger partial charge in [-0.1, -0.05) is 31.2 Å². The molecule has 2 rings (SSSR count). The molecular formula is C16H25ClN2OS. The van der Waals surface area contributed by atoms with Gasteiger partial charge in [0.25, 0.3) is 0 Å². The summed E-state index contributed by atoms with van der Waals surface area (Å²) in [5.74, 6) is 0.253. The van der Waals surface area contributed by atoms with Gasteiger partial charge in [-0.05, 0) is 30.7 Å². The van der Waals surface area contributed by atoms with Crippen molar-refractivity contribution in [3.8, 4) is 0 Å². The van der Waals surface area contributed by atoms with Crippen molar-refractivity contribution < 1.29 is 4.79 Å². The Hall–Kier alpha value is -0.710. The molecule has 1 fully saturated rings. The zero-order valence-electron chi connectivity index (χ0n) is 13.0. The van der Waals surface area contributed by atoms with Crippen LogP contribution in [0.2, 0.25) is 0 Å². The van der Waals surface area contributed by atoms with E-state index in [-0.39, 0.29) is 29.6 Å². The summed E-state index contributed by atoms with van der Waals surface area (Å²) in [6, 6.07) is 8.84. The number of thioether (sulfide) groups is 1. The van der Waals surface area contributed by atoms with E-state index in [2.05, 4.69) is 36.5 Å². The second-order valence-corrected chi connectivity index (χ2v) is 6.40. The summed E-state index contributed by atoms with van der Waals surface area (Å²) in [4.78, 5) is 14.6. The summed E-state index contributed by atoms with van der Waals surface area (Å²) in [6.45, 7) is 6.68. The fourth-order valence-electron chi connectivity index (χ4n) is 2.58. The molecule has 21 heavy (non-hydrogen) atoms. The molecule has 0 radical (unpaired) electrons. The largest absolute Gasteiger partial charge is 0.332 e. The van der Waals surface area contributed by atoms with Gasteiger partial charge in [-0.2, -0.15) is 11.8 Å². The molecule has 0 aromatic heterocycles. The number of carbonyl (C=O) groups is 1. The molecule has 1 saturated heterocycles. The van der Waals surface area contributed by atoms with E-state index in [1.807, 2.05) is 18.1 Å². The lowest BCUT2D eigenvalue weighted by molar-refractivity contribution is -0.133. The minimum atomic E-state index is 0. The Morgan fingerprint density at radius 1 is 1.43 bits per heavy atom. The van der Waals surface area contributed by atoms with Crippen LogP contribution in [0.1, 0.15) is 31.0 Å². The highest BCUT2D eigenvalue weighted by molar-refractivity contribution is 7.99. The van der Waals surface area contributed by atoms with E-state index in [4.69, 9.17) is 0 Å². The average molecular weight is 329 g/mol. The van der Waals surface area contributed by atoms with E-state index >= 15 is 0 Å². The van der Waals surface area contributed by atoms with Crippen molar-refractivity contribution in [3.05, 3.63) is 35.4 Å². The smallest absolute Gasteiger partial charge is 0.235 e. The average Bonchev–Trinajstić information content (AvgIpc) is 2.53. The van der Waals surface area contributed by atoms with Gasteiger partial charge < -0.3 is 10.2 Å². The summed E-state index contributed by atoms with van der Waals surface area (Å²) in [5.41, 5.74) is 2.57. The van der Waals surface area contributed by atoms with Crippen molar-refractivity contribution in [2.75, 3.05) is 25.9 Å². The molecular weight excluding hydrogens is 304 g/mol. The zero-order valence-corrected chi connectivity index (χ0v) is 14.6. The van der Waals surface area contributed by atoms with Gasteiger partial charge in [0.05, 0.1) is 11.3 Å². The topological polar surface area (TPSA) is 32.3 Å². The molecule has 2 unspecified atom stereocenters. The van der Waals surface area contributed by atoms with Gasteiger partial charge in [0, 0.05) is 19.6 Å². The molecule has 1 amide bonds. The summed E-state index contributed by atoms with van der Waals surface area (Å²) >= 11 is 1.62. The Balaban J connectivity index is 0.00000220. The number of piperazine rings is 1. The van der Waals surface area contributed by atoms with Crippen LogP contribution in [0.15, 0.2) is 24.3 Å². The summed E-state index contributed by atoms with van der Waals surface area (Å²) in [7, 11) is 0. The molecule has 1 aliphatic heterocycles. The number of amides is 1. The maximum atomic E-state index is 12.5. The molecule has 0 spiro atoms. The summed E-state index contributed by atoms with van der Waals surface area (Å²) in [5, 5.41) is 3.44. The first-order chi connectivity index (χ1) is 9.67. The van der Waals surface area contributed by atoms with E-state index in [1.165, 1.54) is 11.1 Å². The van der Waals surface area contributed by atoms with Crippen LogP contribution in [0, 0.1) is 0 Å². The van der Waals surface area contributed by atoms with Crippen LogP contribution >= 0.6 is 24.2 Å². The van der Waals surface area contributed by atoms with Crippen molar-refractivity contribution >= 4 is 30.1 Å². The Labute approximate surface area is 138 Å². The van der Waals surface area contributed by atoms with Gasteiger partial charge in [0.1, 0.15) is 0 Å². The van der Waals surface area contributed by atoms with Gasteiger partial charge in [-0.3, -0.25) is 4.79 Å². The lowest BCUT2D eigenvalue weighted by Gasteiger charge is -2.38. The van der Waals surface area contributed by atoms with Crippen LogP contribution in [-0.2, 0) is 11.2 Å². The highest BCUT2D eigenvalue weighted by atomic mass is 35.5. The minimum absolute atomic E-state index is 0. The second kappa shape index (κ2) is 8.66. The van der Waals surface area contributed by atoms with E-state index in [9.17, 15) is 4.79 Å². The van der Waals surface area contributed by atoms with Crippen molar-refractivity contribution in [1.82, 2.24) is 10.2 Å². The third kappa shape index (κ3) is 4.38. The Morgan fingerprint density at radius 2 is 2.10 bits per heavy atom. The van der Waals surface area contributed by atoms with E-state index in [1.54, 1.807) is 11.8 Å². The number of hydrogen-bond acceptors (Lipinski definition) is 3. The lowest BCUT2D eigenvalue weighted by atomic mass is 10.0. The maximum Gasteiger partial charge on any atom is 0.235 e.